The minimum Gasteiger partial charge on any atom is -0.481 e. The average Bonchev–Trinajstić information content (AvgIpc) is 2.77. The van der Waals surface area contributed by atoms with Crippen molar-refractivity contribution in [2.45, 2.75) is 38.7 Å². The van der Waals surface area contributed by atoms with E-state index in [4.69, 9.17) is 5.11 Å². The Morgan fingerprint density at radius 2 is 1.73 bits per heavy atom. The highest BCUT2D eigenvalue weighted by Gasteiger charge is 2.52. The zero-order valence-electron chi connectivity index (χ0n) is 8.77. The normalized spacial score (nSPS) is 37.6. The summed E-state index contributed by atoms with van der Waals surface area (Å²) in [6.45, 7) is 1.89. The number of carboxylic acid groups (broad SMARTS) is 1. The van der Waals surface area contributed by atoms with Crippen LogP contribution in [0.2, 0.25) is 0 Å². The first-order chi connectivity index (χ1) is 6.94. The van der Waals surface area contributed by atoms with Crippen LogP contribution in [0.5, 0.6) is 0 Å². The second-order valence-corrected chi connectivity index (χ2v) is 5.10. The van der Waals surface area contributed by atoms with Gasteiger partial charge >= 0.3 is 5.97 Å². The molecule has 4 heteroatoms. The zero-order chi connectivity index (χ0) is 11.2. The van der Waals surface area contributed by atoms with Crippen molar-refractivity contribution in [3.8, 4) is 0 Å². The van der Waals surface area contributed by atoms with Crippen LogP contribution in [-0.2, 0) is 9.59 Å². The first-order valence-corrected chi connectivity index (χ1v) is 5.39. The summed E-state index contributed by atoms with van der Waals surface area (Å²) in [6, 6.07) is 0. The van der Waals surface area contributed by atoms with Crippen LogP contribution < -0.4 is 0 Å². The molecule has 0 radical (unpaired) electrons. The van der Waals surface area contributed by atoms with E-state index in [0.717, 1.165) is 12.8 Å². The number of carbonyl (C=O) groups excluding carboxylic acids is 1. The fourth-order valence-corrected chi connectivity index (χ4v) is 2.46. The number of hydrogen-bond donors (Lipinski definition) is 2. The van der Waals surface area contributed by atoms with Crippen molar-refractivity contribution in [1.82, 2.24) is 0 Å². The van der Waals surface area contributed by atoms with Gasteiger partial charge in [0.25, 0.3) is 0 Å². The number of aliphatic carboxylic acids is 1. The lowest BCUT2D eigenvalue weighted by atomic mass is 9.84. The van der Waals surface area contributed by atoms with Gasteiger partial charge < -0.3 is 10.2 Å². The van der Waals surface area contributed by atoms with Gasteiger partial charge in [-0.1, -0.05) is 6.92 Å². The highest BCUT2D eigenvalue weighted by atomic mass is 16.4. The van der Waals surface area contributed by atoms with E-state index in [0.29, 0.717) is 6.42 Å². The smallest absolute Gasteiger partial charge is 0.307 e. The molecule has 0 heterocycles. The van der Waals surface area contributed by atoms with Crippen molar-refractivity contribution in [3.63, 3.8) is 0 Å². The molecule has 2 fully saturated rings. The highest BCUT2D eigenvalue weighted by molar-refractivity contribution is 5.92. The van der Waals surface area contributed by atoms with Gasteiger partial charge in [0.05, 0.1) is 12.0 Å². The van der Waals surface area contributed by atoms with E-state index in [1.807, 2.05) is 6.92 Å². The summed E-state index contributed by atoms with van der Waals surface area (Å²) in [7, 11) is 0. The molecule has 0 bridgehead atoms. The van der Waals surface area contributed by atoms with Crippen LogP contribution in [0, 0.1) is 17.3 Å². The van der Waals surface area contributed by atoms with Gasteiger partial charge in [-0.05, 0) is 25.7 Å². The summed E-state index contributed by atoms with van der Waals surface area (Å²) >= 11 is 0. The quantitative estimate of drug-likeness (QED) is 0.726. The topological polar surface area (TPSA) is 74.6 Å². The van der Waals surface area contributed by atoms with E-state index in [-0.39, 0.29) is 17.6 Å². The number of aliphatic hydroxyl groups is 1. The van der Waals surface area contributed by atoms with Crippen LogP contribution in [0.1, 0.15) is 32.6 Å². The van der Waals surface area contributed by atoms with Crippen molar-refractivity contribution >= 4 is 11.8 Å². The molecule has 2 rings (SSSR count). The molecule has 0 saturated heterocycles. The fourth-order valence-electron chi connectivity index (χ4n) is 2.46. The van der Waals surface area contributed by atoms with Crippen LogP contribution in [-0.4, -0.2) is 28.1 Å². The molecule has 0 aromatic heterocycles. The second kappa shape index (κ2) is 3.30. The van der Waals surface area contributed by atoms with Gasteiger partial charge in [0.2, 0.25) is 0 Å². The third-order valence-electron chi connectivity index (χ3n) is 3.79. The van der Waals surface area contributed by atoms with Crippen LogP contribution in [0.25, 0.3) is 0 Å². The number of carbonyl (C=O) groups is 2. The minimum atomic E-state index is -0.950. The molecular weight excluding hydrogens is 196 g/mol. The first kappa shape index (κ1) is 10.6. The highest BCUT2D eigenvalue weighted by Crippen LogP contribution is 2.50. The molecular formula is C11H16O4. The van der Waals surface area contributed by atoms with Crippen molar-refractivity contribution < 1.29 is 19.8 Å². The van der Waals surface area contributed by atoms with E-state index in [1.54, 1.807) is 0 Å². The molecule has 0 aromatic rings. The molecule has 84 valence electrons. The zero-order valence-corrected chi connectivity index (χ0v) is 8.77. The van der Waals surface area contributed by atoms with E-state index >= 15 is 0 Å². The summed E-state index contributed by atoms with van der Waals surface area (Å²) in [5.74, 6) is -2.05. The van der Waals surface area contributed by atoms with Crippen LogP contribution in [0.4, 0.5) is 0 Å². The molecule has 2 aliphatic rings. The van der Waals surface area contributed by atoms with E-state index in [1.165, 1.54) is 0 Å². The largest absolute Gasteiger partial charge is 0.481 e. The Morgan fingerprint density at radius 3 is 2.20 bits per heavy atom. The molecule has 2 aliphatic carbocycles. The number of rotatable bonds is 3. The molecule has 3 atom stereocenters. The average molecular weight is 212 g/mol. The standard InChI is InChI=1S/C11H16O4/c1-11(2-3-11)9(13)7-4-6(12)5-8(7)10(14)15/h6-8,12H,2-5H2,1H3,(H,14,15). The van der Waals surface area contributed by atoms with Gasteiger partial charge in [0.1, 0.15) is 5.78 Å². The minimum absolute atomic E-state index is 0.0476. The summed E-state index contributed by atoms with van der Waals surface area (Å²) < 4.78 is 0. The lowest BCUT2D eigenvalue weighted by Crippen LogP contribution is -2.29. The fraction of sp³-hybridized carbons (Fsp3) is 0.818. The SMILES string of the molecule is CC1(C(=O)C2CC(O)CC2C(=O)O)CC1. The molecule has 0 aliphatic heterocycles. The number of carboxylic acids is 1. The molecule has 2 saturated carbocycles. The molecule has 0 spiro atoms. The molecule has 4 nitrogen and oxygen atoms in total. The van der Waals surface area contributed by atoms with Gasteiger partial charge in [-0.2, -0.15) is 0 Å². The van der Waals surface area contributed by atoms with Gasteiger partial charge in [-0.25, -0.2) is 0 Å². The Morgan fingerprint density at radius 1 is 1.20 bits per heavy atom. The molecule has 3 unspecified atom stereocenters. The van der Waals surface area contributed by atoms with Crippen LogP contribution in [0.3, 0.4) is 0 Å². The Bertz CT molecular complexity index is 306. The maximum Gasteiger partial charge on any atom is 0.307 e. The summed E-state index contributed by atoms with van der Waals surface area (Å²) in [6.07, 6.45) is 1.66. The monoisotopic (exact) mass is 212 g/mol. The molecule has 0 amide bonds. The summed E-state index contributed by atoms with van der Waals surface area (Å²) in [5, 5.41) is 18.4. The third-order valence-corrected chi connectivity index (χ3v) is 3.79. The Kier molecular flexibility index (Phi) is 2.34. The number of aliphatic hydroxyl groups excluding tert-OH is 1. The van der Waals surface area contributed by atoms with E-state index in [9.17, 15) is 14.7 Å². The third kappa shape index (κ3) is 1.78. The van der Waals surface area contributed by atoms with Crippen molar-refractivity contribution in [1.29, 1.82) is 0 Å². The van der Waals surface area contributed by atoms with Gasteiger partial charge in [-0.3, -0.25) is 9.59 Å². The summed E-state index contributed by atoms with van der Waals surface area (Å²) in [5.41, 5.74) is -0.289. The Labute approximate surface area is 88.3 Å². The number of Topliss-reactive ketones (excluding diaryl/α,β-unsaturated/α-hetero) is 1. The number of hydrogen-bond acceptors (Lipinski definition) is 3. The number of ketones is 1. The lowest BCUT2D eigenvalue weighted by molar-refractivity contribution is -0.146. The van der Waals surface area contributed by atoms with Crippen LogP contribution in [0.15, 0.2) is 0 Å². The Balaban J connectivity index is 2.13. The maximum atomic E-state index is 12.0. The Hall–Kier alpha value is -0.900. The lowest BCUT2D eigenvalue weighted by Gasteiger charge is -2.17. The first-order valence-electron chi connectivity index (χ1n) is 5.39. The van der Waals surface area contributed by atoms with E-state index in [2.05, 4.69) is 0 Å². The molecule has 15 heavy (non-hydrogen) atoms. The molecule has 0 aromatic carbocycles. The van der Waals surface area contributed by atoms with Gasteiger partial charge in [0, 0.05) is 11.3 Å². The van der Waals surface area contributed by atoms with Crippen LogP contribution >= 0.6 is 0 Å². The predicted molar refractivity (Wildman–Crippen MR) is 52.2 cm³/mol. The van der Waals surface area contributed by atoms with Crippen molar-refractivity contribution in [2.75, 3.05) is 0 Å². The second-order valence-electron chi connectivity index (χ2n) is 5.10. The van der Waals surface area contributed by atoms with Crippen molar-refractivity contribution in [3.05, 3.63) is 0 Å². The summed E-state index contributed by atoms with van der Waals surface area (Å²) in [4.78, 5) is 23.0. The maximum absolute atomic E-state index is 12.0. The van der Waals surface area contributed by atoms with Gasteiger partial charge in [-0.15, -0.1) is 0 Å². The van der Waals surface area contributed by atoms with Gasteiger partial charge in [0.15, 0.2) is 0 Å². The van der Waals surface area contributed by atoms with E-state index < -0.39 is 23.9 Å². The van der Waals surface area contributed by atoms with Crippen molar-refractivity contribution in [2.24, 2.45) is 17.3 Å². The predicted octanol–water partition coefficient (Wildman–Crippen LogP) is 0.827. The molecule has 2 N–H and O–H groups in total.